The van der Waals surface area contributed by atoms with Gasteiger partial charge in [0.1, 0.15) is 0 Å². The molecule has 0 radical (unpaired) electrons. The molecule has 1 aromatic carbocycles. The minimum Gasteiger partial charge on any atom is -0.397 e. The molecular weight excluding hydrogens is 251 g/mol. The van der Waals surface area contributed by atoms with E-state index < -0.39 is 8.25 Å². The first-order valence-corrected chi connectivity index (χ1v) is 7.15. The van der Waals surface area contributed by atoms with Crippen molar-refractivity contribution in [3.05, 3.63) is 23.3 Å². The molecule has 0 amide bonds. The van der Waals surface area contributed by atoms with Gasteiger partial charge in [-0.05, 0) is 37.8 Å². The Bertz CT molecular complexity index is 387. The monoisotopic (exact) mass is 272 g/mol. The van der Waals surface area contributed by atoms with Gasteiger partial charge in [0.2, 0.25) is 0 Å². The van der Waals surface area contributed by atoms with E-state index in [0.29, 0.717) is 24.6 Å². The van der Waals surface area contributed by atoms with E-state index in [-0.39, 0.29) is 0 Å². The van der Waals surface area contributed by atoms with Crippen molar-refractivity contribution in [2.75, 3.05) is 24.7 Å². The minimum atomic E-state index is -2.08. The Balaban J connectivity index is 0.000000184. The molecule has 0 atom stereocenters. The molecule has 0 spiro atoms. The van der Waals surface area contributed by atoms with Crippen LogP contribution in [-0.2, 0) is 13.6 Å². The number of benzene rings is 1. The van der Waals surface area contributed by atoms with Gasteiger partial charge < -0.3 is 20.5 Å². The molecule has 0 unspecified atom stereocenters. The van der Waals surface area contributed by atoms with Gasteiger partial charge in [-0.1, -0.05) is 12.1 Å². The number of anilines is 2. The largest absolute Gasteiger partial charge is 0.397 e. The maximum atomic E-state index is 10.4. The second-order valence-corrected chi connectivity index (χ2v) is 5.26. The van der Waals surface area contributed by atoms with E-state index in [4.69, 9.17) is 20.5 Å². The first-order valence-electron chi connectivity index (χ1n) is 5.93. The molecule has 1 aromatic rings. The van der Waals surface area contributed by atoms with Crippen LogP contribution in [-0.4, -0.2) is 13.2 Å². The topological polar surface area (TPSA) is 87.6 Å². The predicted octanol–water partition coefficient (Wildman–Crippen LogP) is 2.67. The van der Waals surface area contributed by atoms with Crippen molar-refractivity contribution in [3.63, 3.8) is 0 Å². The van der Waals surface area contributed by atoms with E-state index in [1.165, 1.54) is 0 Å². The summed E-state index contributed by atoms with van der Waals surface area (Å²) in [6, 6.07) is 3.95. The Kier molecular flexibility index (Phi) is 6.19. The van der Waals surface area contributed by atoms with Crippen molar-refractivity contribution in [3.8, 4) is 0 Å². The van der Waals surface area contributed by atoms with Crippen molar-refractivity contribution in [1.29, 1.82) is 0 Å². The summed E-state index contributed by atoms with van der Waals surface area (Å²) in [7, 11) is -2.08. The van der Waals surface area contributed by atoms with E-state index >= 15 is 0 Å². The molecule has 1 saturated heterocycles. The molecular formula is C12H21N2O3P. The Morgan fingerprint density at radius 1 is 1.00 bits per heavy atom. The van der Waals surface area contributed by atoms with E-state index in [0.717, 1.165) is 24.0 Å². The van der Waals surface area contributed by atoms with Gasteiger partial charge in [-0.3, -0.25) is 4.57 Å². The first kappa shape index (κ1) is 15.0. The smallest absolute Gasteiger partial charge is 0.319 e. The van der Waals surface area contributed by atoms with E-state index in [2.05, 4.69) is 0 Å². The average molecular weight is 272 g/mol. The van der Waals surface area contributed by atoms with Gasteiger partial charge in [-0.25, -0.2) is 0 Å². The second kappa shape index (κ2) is 7.41. The van der Waals surface area contributed by atoms with Crippen LogP contribution in [0.15, 0.2) is 12.1 Å². The molecule has 5 nitrogen and oxygen atoms in total. The van der Waals surface area contributed by atoms with Crippen LogP contribution in [0.3, 0.4) is 0 Å². The van der Waals surface area contributed by atoms with Crippen LogP contribution in [0.4, 0.5) is 11.4 Å². The van der Waals surface area contributed by atoms with Crippen molar-refractivity contribution in [2.45, 2.75) is 26.7 Å². The second-order valence-electron chi connectivity index (χ2n) is 4.18. The summed E-state index contributed by atoms with van der Waals surface area (Å²) in [5.74, 6) is 0. The van der Waals surface area contributed by atoms with Crippen LogP contribution in [0.1, 0.15) is 24.0 Å². The molecule has 1 aliphatic heterocycles. The molecule has 1 heterocycles. The molecule has 0 bridgehead atoms. The van der Waals surface area contributed by atoms with Crippen LogP contribution in [0.2, 0.25) is 0 Å². The van der Waals surface area contributed by atoms with Gasteiger partial charge in [0, 0.05) is 0 Å². The summed E-state index contributed by atoms with van der Waals surface area (Å²) < 4.78 is 19.9. The number of nitrogens with two attached hydrogens (primary N) is 2. The molecule has 102 valence electrons. The van der Waals surface area contributed by atoms with Crippen molar-refractivity contribution in [1.82, 2.24) is 0 Å². The molecule has 2 rings (SSSR count). The zero-order chi connectivity index (χ0) is 13.5. The third-order valence-corrected chi connectivity index (χ3v) is 3.58. The van der Waals surface area contributed by atoms with Gasteiger partial charge >= 0.3 is 8.25 Å². The Morgan fingerprint density at radius 2 is 1.39 bits per heavy atom. The third kappa shape index (κ3) is 4.69. The Morgan fingerprint density at radius 3 is 1.78 bits per heavy atom. The first-order chi connectivity index (χ1) is 8.52. The number of rotatable bonds is 0. The lowest BCUT2D eigenvalue weighted by atomic mass is 10.1. The van der Waals surface area contributed by atoms with E-state index in [1.54, 1.807) is 0 Å². The quantitative estimate of drug-likeness (QED) is 0.560. The van der Waals surface area contributed by atoms with Crippen LogP contribution in [0, 0.1) is 13.8 Å². The number of aryl methyl sites for hydroxylation is 2. The zero-order valence-electron chi connectivity index (χ0n) is 10.9. The summed E-state index contributed by atoms with van der Waals surface area (Å²) in [5.41, 5.74) is 14.8. The third-order valence-electron chi connectivity index (χ3n) is 2.70. The lowest BCUT2D eigenvalue weighted by molar-refractivity contribution is 0.263. The molecule has 1 aliphatic rings. The lowest BCUT2D eigenvalue weighted by Gasteiger charge is -2.05. The van der Waals surface area contributed by atoms with Crippen molar-refractivity contribution in [2.24, 2.45) is 0 Å². The average Bonchev–Trinajstić information content (AvgIpc) is 2.60. The van der Waals surface area contributed by atoms with Gasteiger partial charge in [-0.15, -0.1) is 0 Å². The highest BCUT2D eigenvalue weighted by atomic mass is 31.1. The van der Waals surface area contributed by atoms with Crippen LogP contribution in [0.5, 0.6) is 0 Å². The normalized spacial score (nSPS) is 16.6. The van der Waals surface area contributed by atoms with Crippen molar-refractivity contribution >= 4 is 19.6 Å². The minimum absolute atomic E-state index is 0.595. The molecule has 0 aliphatic carbocycles. The molecule has 6 heteroatoms. The molecule has 0 saturated carbocycles. The van der Waals surface area contributed by atoms with Gasteiger partial charge in [0.25, 0.3) is 0 Å². The number of hydrogen-bond donors (Lipinski definition) is 2. The summed E-state index contributed by atoms with van der Waals surface area (Å²) in [6.45, 7) is 5.09. The lowest BCUT2D eigenvalue weighted by Crippen LogP contribution is -1.98. The summed E-state index contributed by atoms with van der Waals surface area (Å²) in [6.07, 6.45) is 1.94. The fourth-order valence-electron chi connectivity index (χ4n) is 1.41. The molecule has 18 heavy (non-hydrogen) atoms. The van der Waals surface area contributed by atoms with Gasteiger partial charge in [-0.2, -0.15) is 0 Å². The van der Waals surface area contributed by atoms with Crippen LogP contribution >= 0.6 is 8.25 Å². The fraction of sp³-hybridized carbons (Fsp3) is 0.500. The van der Waals surface area contributed by atoms with Crippen LogP contribution in [0.25, 0.3) is 0 Å². The SMILES string of the molecule is Cc1ccc(C)c(N)c1N.O=[PH]1OCCCCO1. The van der Waals surface area contributed by atoms with Crippen LogP contribution < -0.4 is 11.5 Å². The molecule has 0 aromatic heterocycles. The van der Waals surface area contributed by atoms with E-state index in [1.807, 2.05) is 26.0 Å². The number of hydrogen-bond acceptors (Lipinski definition) is 5. The Labute approximate surface area is 108 Å². The zero-order valence-corrected chi connectivity index (χ0v) is 11.9. The van der Waals surface area contributed by atoms with Gasteiger partial charge in [0.05, 0.1) is 24.6 Å². The maximum Gasteiger partial charge on any atom is 0.319 e. The predicted molar refractivity (Wildman–Crippen MR) is 74.9 cm³/mol. The highest BCUT2D eigenvalue weighted by molar-refractivity contribution is 7.33. The standard InChI is InChI=1S/C8H12N2.C4H9O3P/c1-5-3-4-6(2)8(10)7(5)9;5-8-6-3-1-2-4-7-8/h3-4H,9-10H2,1-2H3;8H,1-4H2. The van der Waals surface area contributed by atoms with E-state index in [9.17, 15) is 4.57 Å². The number of nitrogen functional groups attached to an aromatic ring is 2. The highest BCUT2D eigenvalue weighted by Gasteiger charge is 2.03. The molecule has 1 fully saturated rings. The van der Waals surface area contributed by atoms with Crippen molar-refractivity contribution < 1.29 is 13.6 Å². The molecule has 4 N–H and O–H groups in total. The highest BCUT2D eigenvalue weighted by Crippen LogP contribution is 2.26. The summed E-state index contributed by atoms with van der Waals surface area (Å²) in [5, 5.41) is 0. The van der Waals surface area contributed by atoms with Gasteiger partial charge in [0.15, 0.2) is 0 Å². The maximum absolute atomic E-state index is 10.4. The Hall–Kier alpha value is -1.03. The summed E-state index contributed by atoms with van der Waals surface area (Å²) in [4.78, 5) is 0. The summed E-state index contributed by atoms with van der Waals surface area (Å²) >= 11 is 0. The fourth-order valence-corrected chi connectivity index (χ4v) is 2.12.